The predicted molar refractivity (Wildman–Crippen MR) is 72.6 cm³/mol. The van der Waals surface area contributed by atoms with Crippen LogP contribution in [0, 0.1) is 12.7 Å². The van der Waals surface area contributed by atoms with Crippen molar-refractivity contribution < 1.29 is 12.8 Å². The Kier molecular flexibility index (Phi) is 3.50. The fourth-order valence-corrected chi connectivity index (χ4v) is 3.46. The number of nitrogens with one attached hydrogen (secondary N) is 2. The lowest BCUT2D eigenvalue weighted by molar-refractivity contribution is 0.599. The molecule has 102 valence electrons. The zero-order valence-electron chi connectivity index (χ0n) is 9.74. The smallest absolute Gasteiger partial charge is 0.264 e. The van der Waals surface area contributed by atoms with Crippen molar-refractivity contribution in [2.75, 3.05) is 10.5 Å². The van der Waals surface area contributed by atoms with Crippen molar-refractivity contribution >= 4 is 37.5 Å². The molecule has 9 heteroatoms. The van der Waals surface area contributed by atoms with Gasteiger partial charge >= 0.3 is 0 Å². The van der Waals surface area contributed by atoms with E-state index in [2.05, 4.69) is 30.8 Å². The van der Waals surface area contributed by atoms with E-state index in [4.69, 9.17) is 5.73 Å². The quantitative estimate of drug-likeness (QED) is 0.738. The summed E-state index contributed by atoms with van der Waals surface area (Å²) >= 11 is 2.99. The number of anilines is 2. The maximum absolute atomic E-state index is 13.2. The van der Waals surface area contributed by atoms with E-state index < -0.39 is 15.8 Å². The van der Waals surface area contributed by atoms with Crippen LogP contribution in [0.4, 0.5) is 15.9 Å². The van der Waals surface area contributed by atoms with E-state index in [1.165, 1.54) is 6.07 Å². The van der Waals surface area contributed by atoms with Crippen LogP contribution in [0.2, 0.25) is 0 Å². The minimum atomic E-state index is -3.90. The molecule has 0 fully saturated rings. The molecule has 1 aromatic heterocycles. The molecule has 0 saturated carbocycles. The van der Waals surface area contributed by atoms with E-state index in [1.807, 2.05) is 0 Å². The molecule has 4 N–H and O–H groups in total. The Morgan fingerprint density at radius 1 is 1.42 bits per heavy atom. The van der Waals surface area contributed by atoms with Gasteiger partial charge in [-0.1, -0.05) is 0 Å². The molecule has 0 aliphatic heterocycles. The van der Waals surface area contributed by atoms with Gasteiger partial charge in [0.05, 0.1) is 5.69 Å². The van der Waals surface area contributed by atoms with E-state index in [0.717, 1.165) is 12.1 Å². The van der Waals surface area contributed by atoms with Gasteiger partial charge in [0.1, 0.15) is 10.7 Å². The van der Waals surface area contributed by atoms with Crippen molar-refractivity contribution in [3.63, 3.8) is 0 Å². The number of hydrogen-bond donors (Lipinski definition) is 3. The van der Waals surface area contributed by atoms with Crippen LogP contribution < -0.4 is 10.5 Å². The average molecular weight is 349 g/mol. The number of nitrogens with two attached hydrogens (primary N) is 1. The molecule has 1 aromatic carbocycles. The topological polar surface area (TPSA) is 101 Å². The zero-order valence-corrected chi connectivity index (χ0v) is 12.1. The normalized spacial score (nSPS) is 11.5. The highest BCUT2D eigenvalue weighted by molar-refractivity contribution is 9.10. The van der Waals surface area contributed by atoms with Crippen LogP contribution in [0.15, 0.2) is 27.6 Å². The third kappa shape index (κ3) is 2.87. The van der Waals surface area contributed by atoms with Gasteiger partial charge in [-0.3, -0.25) is 9.82 Å². The maximum Gasteiger partial charge on any atom is 0.264 e. The van der Waals surface area contributed by atoms with Crippen molar-refractivity contribution in [1.82, 2.24) is 10.2 Å². The molecule has 6 nitrogen and oxygen atoms in total. The highest BCUT2D eigenvalue weighted by Gasteiger charge is 2.20. The van der Waals surface area contributed by atoms with Gasteiger partial charge in [-0.25, -0.2) is 12.8 Å². The highest BCUT2D eigenvalue weighted by Crippen LogP contribution is 2.28. The minimum absolute atomic E-state index is 0.0824. The lowest BCUT2D eigenvalue weighted by Gasteiger charge is -2.08. The van der Waals surface area contributed by atoms with Gasteiger partial charge in [-0.05, 0) is 35.0 Å². The predicted octanol–water partition coefficient (Wildman–Crippen LogP) is 2.00. The molecule has 0 amide bonds. The lowest BCUT2D eigenvalue weighted by Crippen LogP contribution is -2.14. The molecule has 1 heterocycles. The van der Waals surface area contributed by atoms with E-state index in [1.54, 1.807) is 6.92 Å². The second-order valence-corrected chi connectivity index (χ2v) is 6.35. The van der Waals surface area contributed by atoms with Crippen LogP contribution in [0.1, 0.15) is 5.69 Å². The number of nitrogen functional groups attached to an aromatic ring is 1. The Morgan fingerprint density at radius 2 is 2.11 bits per heavy atom. The van der Waals surface area contributed by atoms with Gasteiger partial charge < -0.3 is 5.73 Å². The van der Waals surface area contributed by atoms with Gasteiger partial charge in [0.25, 0.3) is 10.0 Å². The summed E-state index contributed by atoms with van der Waals surface area (Å²) in [5.41, 5.74) is 5.83. The van der Waals surface area contributed by atoms with Crippen molar-refractivity contribution in [3.05, 3.63) is 34.2 Å². The molecule has 19 heavy (non-hydrogen) atoms. The maximum atomic E-state index is 13.2. The molecule has 0 aliphatic carbocycles. The van der Waals surface area contributed by atoms with Gasteiger partial charge in [0.15, 0.2) is 5.82 Å². The summed E-state index contributed by atoms with van der Waals surface area (Å²) in [6.45, 7) is 1.73. The molecule has 0 atom stereocenters. The first kappa shape index (κ1) is 13.8. The first-order valence-electron chi connectivity index (χ1n) is 5.09. The number of nitrogens with zero attached hydrogens (tertiary/aromatic N) is 1. The number of aryl methyl sites for hydroxylation is 1. The average Bonchev–Trinajstić information content (AvgIpc) is 2.68. The van der Waals surface area contributed by atoms with Crippen molar-refractivity contribution in [1.29, 1.82) is 0 Å². The first-order valence-corrected chi connectivity index (χ1v) is 7.36. The van der Waals surface area contributed by atoms with Crippen LogP contribution in [-0.4, -0.2) is 18.6 Å². The number of aromatic nitrogens is 2. The Balaban J connectivity index is 2.42. The SMILES string of the molecule is Cc1cc(NS(=O)(=O)c2cc(N)c(F)cc2Br)n[nH]1. The largest absolute Gasteiger partial charge is 0.396 e. The van der Waals surface area contributed by atoms with Crippen molar-refractivity contribution in [2.24, 2.45) is 0 Å². The Labute approximate surface area is 117 Å². The molecule has 0 unspecified atom stereocenters. The second-order valence-electron chi connectivity index (χ2n) is 3.85. The molecule has 0 radical (unpaired) electrons. The molecule has 0 aliphatic rings. The number of aromatic amines is 1. The van der Waals surface area contributed by atoms with E-state index >= 15 is 0 Å². The number of rotatable bonds is 3. The summed E-state index contributed by atoms with van der Waals surface area (Å²) in [6.07, 6.45) is 0. The molecule has 0 saturated heterocycles. The van der Waals surface area contributed by atoms with Gasteiger partial charge in [-0.15, -0.1) is 0 Å². The van der Waals surface area contributed by atoms with Crippen LogP contribution in [0.5, 0.6) is 0 Å². The third-order valence-corrected chi connectivity index (χ3v) is 4.60. The number of H-pyrrole nitrogens is 1. The van der Waals surface area contributed by atoms with Crippen LogP contribution in [0.3, 0.4) is 0 Å². The molecule has 0 bridgehead atoms. The van der Waals surface area contributed by atoms with E-state index in [0.29, 0.717) is 5.69 Å². The van der Waals surface area contributed by atoms with Crippen molar-refractivity contribution in [2.45, 2.75) is 11.8 Å². The molecule has 2 rings (SSSR count). The second kappa shape index (κ2) is 4.82. The van der Waals surface area contributed by atoms with Gasteiger partial charge in [-0.2, -0.15) is 5.10 Å². The minimum Gasteiger partial charge on any atom is -0.396 e. The molecule has 0 spiro atoms. The fraction of sp³-hybridized carbons (Fsp3) is 0.100. The Bertz CT molecular complexity index is 729. The fourth-order valence-electron chi connectivity index (χ4n) is 1.41. The lowest BCUT2D eigenvalue weighted by atomic mass is 10.3. The molecule has 2 aromatic rings. The van der Waals surface area contributed by atoms with Crippen molar-refractivity contribution in [3.8, 4) is 0 Å². The Hall–Kier alpha value is -1.61. The van der Waals surface area contributed by atoms with E-state index in [-0.39, 0.29) is 20.9 Å². The Morgan fingerprint density at radius 3 is 2.68 bits per heavy atom. The summed E-state index contributed by atoms with van der Waals surface area (Å²) < 4.78 is 39.8. The van der Waals surface area contributed by atoms with Gasteiger partial charge in [0.2, 0.25) is 0 Å². The van der Waals surface area contributed by atoms with Crippen LogP contribution in [0.25, 0.3) is 0 Å². The summed E-state index contributed by atoms with van der Waals surface area (Å²) in [6, 6.07) is 3.57. The summed E-state index contributed by atoms with van der Waals surface area (Å²) in [5, 5.41) is 6.36. The molecular weight excluding hydrogens is 339 g/mol. The third-order valence-electron chi connectivity index (χ3n) is 2.29. The van der Waals surface area contributed by atoms with Crippen LogP contribution >= 0.6 is 15.9 Å². The highest BCUT2D eigenvalue weighted by atomic mass is 79.9. The van der Waals surface area contributed by atoms with E-state index in [9.17, 15) is 12.8 Å². The summed E-state index contributed by atoms with van der Waals surface area (Å²) in [4.78, 5) is -0.160. The number of benzene rings is 1. The first-order chi connectivity index (χ1) is 8.79. The zero-order chi connectivity index (χ0) is 14.2. The standard InChI is InChI=1S/C10H10BrFN4O2S/c1-5-2-10(15-14-5)16-19(17,18)9-4-8(13)7(12)3-6(9)11/h2-4H,13H2,1H3,(H2,14,15,16). The summed E-state index contributed by atoms with van der Waals surface area (Å²) in [5.74, 6) is -0.547. The van der Waals surface area contributed by atoms with Gasteiger partial charge in [0, 0.05) is 16.2 Å². The number of halogens is 2. The monoisotopic (exact) mass is 348 g/mol. The number of hydrogen-bond acceptors (Lipinski definition) is 4. The summed E-state index contributed by atoms with van der Waals surface area (Å²) in [7, 11) is -3.90. The molecular formula is C10H10BrFN4O2S. The number of sulfonamides is 1. The van der Waals surface area contributed by atoms with Crippen LogP contribution in [-0.2, 0) is 10.0 Å².